The highest BCUT2D eigenvalue weighted by Gasteiger charge is 2.46. The predicted molar refractivity (Wildman–Crippen MR) is 54.3 cm³/mol. The Morgan fingerprint density at radius 1 is 1.32 bits per heavy atom. The molecule has 0 unspecified atom stereocenters. The molecule has 0 spiro atoms. The first kappa shape index (κ1) is 15.2. The zero-order chi connectivity index (χ0) is 14.8. The second-order valence-corrected chi connectivity index (χ2v) is 4.00. The number of nitrogens with two attached hydrogens (primary N) is 1. The maximum absolute atomic E-state index is 10.6. The molecule has 108 valence electrons. The van der Waals surface area contributed by atoms with Gasteiger partial charge in [0.25, 0.3) is 0 Å². The molecular formula is C9H11F3N2O5. The third-order valence-corrected chi connectivity index (χ3v) is 2.71. The minimum absolute atomic E-state index is 0.0880. The predicted octanol–water partition coefficient (Wildman–Crippen LogP) is 0.196. The third-order valence-electron chi connectivity index (χ3n) is 2.71. The summed E-state index contributed by atoms with van der Waals surface area (Å²) in [5.74, 6) is -3.96. The summed E-state index contributed by atoms with van der Waals surface area (Å²) in [6.45, 7) is 0. The molecule has 0 aromatic heterocycles. The molecule has 2 rings (SSSR count). The summed E-state index contributed by atoms with van der Waals surface area (Å²) in [6, 6.07) is -0.104. The molecule has 0 bridgehead atoms. The van der Waals surface area contributed by atoms with E-state index in [0.717, 1.165) is 12.8 Å². The molecule has 1 aliphatic carbocycles. The Kier molecular flexibility index (Phi) is 4.35. The van der Waals surface area contributed by atoms with Crippen LogP contribution in [0.5, 0.6) is 0 Å². The van der Waals surface area contributed by atoms with Crippen LogP contribution in [0.1, 0.15) is 12.8 Å². The molecule has 1 heterocycles. The monoisotopic (exact) mass is 284 g/mol. The molecule has 1 fully saturated rings. The van der Waals surface area contributed by atoms with Gasteiger partial charge >= 0.3 is 18.1 Å². The molecule has 1 aliphatic heterocycles. The van der Waals surface area contributed by atoms with Crippen molar-refractivity contribution >= 4 is 17.7 Å². The molecule has 10 heteroatoms. The van der Waals surface area contributed by atoms with E-state index in [1.807, 2.05) is 0 Å². The second kappa shape index (κ2) is 5.43. The second-order valence-electron chi connectivity index (χ2n) is 4.00. The average Bonchev–Trinajstić information content (AvgIpc) is 2.81. The van der Waals surface area contributed by atoms with Gasteiger partial charge in [-0.2, -0.15) is 13.2 Å². The maximum atomic E-state index is 10.6. The van der Waals surface area contributed by atoms with Gasteiger partial charge in [0, 0.05) is 6.04 Å². The van der Waals surface area contributed by atoms with Crippen LogP contribution in [0.25, 0.3) is 0 Å². The number of aliphatic carboxylic acids is 2. The van der Waals surface area contributed by atoms with Crippen LogP contribution < -0.4 is 5.73 Å². The van der Waals surface area contributed by atoms with Gasteiger partial charge < -0.3 is 20.8 Å². The summed E-state index contributed by atoms with van der Waals surface area (Å²) >= 11 is 0. The lowest BCUT2D eigenvalue weighted by atomic mass is 9.97. The van der Waals surface area contributed by atoms with Gasteiger partial charge in [-0.1, -0.05) is 5.16 Å². The summed E-state index contributed by atoms with van der Waals surface area (Å²) in [5.41, 5.74) is 5.81. The Morgan fingerprint density at radius 2 is 1.84 bits per heavy atom. The van der Waals surface area contributed by atoms with Crippen molar-refractivity contribution in [2.45, 2.75) is 31.2 Å². The van der Waals surface area contributed by atoms with E-state index in [1.54, 1.807) is 0 Å². The standard InChI is InChI=1S/C7H10N2O3.C2HF3O2/c8-3-1-2-4-5(3)6(7(10)11)9-12-4;3-2(4,5)1(6)7/h3-5H,1-2,8H2,(H,10,11);(H,6,7)/t3-,4-,5+;/m0./s1. The first-order chi connectivity index (χ1) is 8.64. The topological polar surface area (TPSA) is 122 Å². The van der Waals surface area contributed by atoms with Crippen molar-refractivity contribution in [2.24, 2.45) is 16.8 Å². The molecule has 1 saturated carbocycles. The van der Waals surface area contributed by atoms with Crippen molar-refractivity contribution in [3.63, 3.8) is 0 Å². The summed E-state index contributed by atoms with van der Waals surface area (Å²) in [5, 5.41) is 19.3. The highest BCUT2D eigenvalue weighted by molar-refractivity contribution is 6.37. The van der Waals surface area contributed by atoms with Gasteiger partial charge in [-0.15, -0.1) is 0 Å². The van der Waals surface area contributed by atoms with Crippen molar-refractivity contribution in [2.75, 3.05) is 0 Å². The lowest BCUT2D eigenvalue weighted by Crippen LogP contribution is -2.36. The molecule has 4 N–H and O–H groups in total. The van der Waals surface area contributed by atoms with Gasteiger partial charge in [0.05, 0.1) is 5.92 Å². The molecular weight excluding hydrogens is 273 g/mol. The van der Waals surface area contributed by atoms with E-state index in [4.69, 9.17) is 25.6 Å². The van der Waals surface area contributed by atoms with Crippen LogP contribution in [-0.4, -0.2) is 46.2 Å². The van der Waals surface area contributed by atoms with Gasteiger partial charge in [0.15, 0.2) is 5.71 Å². The van der Waals surface area contributed by atoms with Crippen molar-refractivity contribution in [3.8, 4) is 0 Å². The maximum Gasteiger partial charge on any atom is 0.490 e. The zero-order valence-corrected chi connectivity index (χ0v) is 9.42. The van der Waals surface area contributed by atoms with E-state index in [9.17, 15) is 18.0 Å². The summed E-state index contributed by atoms with van der Waals surface area (Å²) in [6.07, 6.45) is -3.54. The molecule has 0 saturated heterocycles. The van der Waals surface area contributed by atoms with Crippen LogP contribution in [0.15, 0.2) is 5.16 Å². The van der Waals surface area contributed by atoms with Crippen molar-refractivity contribution in [3.05, 3.63) is 0 Å². The molecule has 0 radical (unpaired) electrons. The van der Waals surface area contributed by atoms with E-state index in [0.29, 0.717) is 0 Å². The number of carboxylic acids is 2. The number of oxime groups is 1. The van der Waals surface area contributed by atoms with Gasteiger partial charge in [-0.05, 0) is 12.8 Å². The van der Waals surface area contributed by atoms with E-state index >= 15 is 0 Å². The quantitative estimate of drug-likeness (QED) is 0.632. The van der Waals surface area contributed by atoms with Crippen molar-refractivity contribution in [1.29, 1.82) is 0 Å². The molecule has 2 aliphatic rings. The van der Waals surface area contributed by atoms with E-state index < -0.39 is 18.1 Å². The molecule has 7 nitrogen and oxygen atoms in total. The fourth-order valence-electron chi connectivity index (χ4n) is 1.86. The van der Waals surface area contributed by atoms with Crippen LogP contribution in [0.3, 0.4) is 0 Å². The van der Waals surface area contributed by atoms with Crippen LogP contribution in [0.4, 0.5) is 13.2 Å². The molecule has 3 atom stereocenters. The first-order valence-corrected chi connectivity index (χ1v) is 5.17. The van der Waals surface area contributed by atoms with E-state index in [2.05, 4.69) is 5.16 Å². The Labute approximate surface area is 104 Å². The fourth-order valence-corrected chi connectivity index (χ4v) is 1.86. The number of alkyl halides is 3. The average molecular weight is 284 g/mol. The number of carbonyl (C=O) groups is 2. The highest BCUT2D eigenvalue weighted by Crippen LogP contribution is 2.33. The number of rotatable bonds is 1. The number of hydrogen-bond acceptors (Lipinski definition) is 5. The zero-order valence-electron chi connectivity index (χ0n) is 9.42. The van der Waals surface area contributed by atoms with Crippen molar-refractivity contribution < 1.29 is 37.8 Å². The highest BCUT2D eigenvalue weighted by atomic mass is 19.4. The van der Waals surface area contributed by atoms with Crippen LogP contribution in [-0.2, 0) is 14.4 Å². The number of fused-ring (bicyclic) bond motifs is 1. The van der Waals surface area contributed by atoms with Crippen molar-refractivity contribution in [1.82, 2.24) is 0 Å². The minimum atomic E-state index is -5.08. The summed E-state index contributed by atoms with van der Waals surface area (Å²) in [7, 11) is 0. The van der Waals surface area contributed by atoms with Gasteiger partial charge in [-0.3, -0.25) is 0 Å². The molecule has 19 heavy (non-hydrogen) atoms. The Bertz CT molecular complexity index is 409. The number of halogens is 3. The number of nitrogens with zero attached hydrogens (tertiary/aromatic N) is 1. The van der Waals surface area contributed by atoms with Gasteiger partial charge in [0.2, 0.25) is 0 Å². The third kappa shape index (κ3) is 3.56. The van der Waals surface area contributed by atoms with Crippen LogP contribution >= 0.6 is 0 Å². The van der Waals surface area contributed by atoms with Crippen LogP contribution in [0.2, 0.25) is 0 Å². The number of carboxylic acid groups (broad SMARTS) is 2. The summed E-state index contributed by atoms with van der Waals surface area (Å²) < 4.78 is 31.7. The Balaban J connectivity index is 0.000000224. The molecule has 0 aromatic rings. The largest absolute Gasteiger partial charge is 0.490 e. The normalized spacial score (nSPS) is 28.6. The van der Waals surface area contributed by atoms with E-state index in [1.165, 1.54) is 0 Å². The first-order valence-electron chi connectivity index (χ1n) is 5.17. The van der Waals surface area contributed by atoms with Gasteiger partial charge in [0.1, 0.15) is 6.10 Å². The fraction of sp³-hybridized carbons (Fsp3) is 0.667. The van der Waals surface area contributed by atoms with Crippen LogP contribution in [0, 0.1) is 5.92 Å². The van der Waals surface area contributed by atoms with E-state index in [-0.39, 0.29) is 23.8 Å². The van der Waals surface area contributed by atoms with Gasteiger partial charge in [-0.25, -0.2) is 9.59 Å². The number of hydrogen-bond donors (Lipinski definition) is 3. The summed E-state index contributed by atoms with van der Waals surface area (Å²) in [4.78, 5) is 24.5. The smallest absolute Gasteiger partial charge is 0.477 e. The lowest BCUT2D eigenvalue weighted by Gasteiger charge is -2.10. The Morgan fingerprint density at radius 3 is 2.26 bits per heavy atom. The molecule has 0 aromatic carbocycles. The Hall–Kier alpha value is -1.84. The lowest BCUT2D eigenvalue weighted by molar-refractivity contribution is -0.192. The SMILES string of the molecule is N[C@H]1CC[C@@H]2ON=C(C(=O)O)[C@@H]21.O=C(O)C(F)(F)F. The molecule has 0 amide bonds. The minimum Gasteiger partial charge on any atom is -0.477 e.